The molecule has 0 N–H and O–H groups in total. The number of sulfonamides is 1. The fourth-order valence-electron chi connectivity index (χ4n) is 4.21. The van der Waals surface area contributed by atoms with E-state index < -0.39 is 26.8 Å². The molecule has 7 nitrogen and oxygen atoms in total. The molecule has 1 aliphatic rings. The number of benzene rings is 3. The van der Waals surface area contributed by atoms with E-state index in [1.165, 1.54) is 28.6 Å². The average molecular weight is 483 g/mol. The zero-order valence-corrected chi connectivity index (χ0v) is 19.1. The van der Waals surface area contributed by atoms with Crippen LogP contribution in [0.3, 0.4) is 0 Å². The lowest BCUT2D eigenvalue weighted by atomic mass is 9.98. The predicted octanol–water partition coefficient (Wildman–Crippen LogP) is 4.76. The van der Waals surface area contributed by atoms with E-state index in [0.29, 0.717) is 19.3 Å². The minimum absolute atomic E-state index is 0.0159. The van der Waals surface area contributed by atoms with Gasteiger partial charge in [-0.25, -0.2) is 12.8 Å². The normalized spacial score (nSPS) is 16.4. The Hall–Kier alpha value is -3.43. The molecule has 0 unspecified atom stereocenters. The molecule has 34 heavy (non-hydrogen) atoms. The van der Waals surface area contributed by atoms with E-state index in [1.54, 1.807) is 12.1 Å². The van der Waals surface area contributed by atoms with Crippen molar-refractivity contribution in [1.82, 2.24) is 4.31 Å². The smallest absolute Gasteiger partial charge is 0.269 e. The highest BCUT2D eigenvalue weighted by atomic mass is 32.2. The second kappa shape index (κ2) is 9.82. The first-order valence-corrected chi connectivity index (χ1v) is 12.3. The maximum Gasteiger partial charge on any atom is 0.269 e. The van der Waals surface area contributed by atoms with Gasteiger partial charge in [-0.1, -0.05) is 24.3 Å². The second-order valence-electron chi connectivity index (χ2n) is 8.20. The first kappa shape index (κ1) is 23.7. The lowest BCUT2D eigenvalue weighted by Gasteiger charge is -2.23. The van der Waals surface area contributed by atoms with Crippen LogP contribution in [0, 0.1) is 15.9 Å². The molecule has 0 radical (unpaired) electrons. The topological polar surface area (TPSA) is 97.6 Å². The van der Waals surface area contributed by atoms with Crippen molar-refractivity contribution in [3.05, 3.63) is 94.3 Å². The Morgan fingerprint density at radius 2 is 1.74 bits per heavy atom. The fourth-order valence-corrected chi connectivity index (χ4v) is 5.89. The molecule has 0 spiro atoms. The van der Waals surface area contributed by atoms with E-state index in [4.69, 9.17) is 0 Å². The number of non-ortho nitro benzene ring substituents is 1. The summed E-state index contributed by atoms with van der Waals surface area (Å²) in [4.78, 5) is 23.4. The van der Waals surface area contributed by atoms with E-state index in [0.717, 1.165) is 28.8 Å². The molecule has 4 rings (SSSR count). The monoisotopic (exact) mass is 482 g/mol. The number of carbonyl (C=O) groups is 1. The van der Waals surface area contributed by atoms with Gasteiger partial charge in [0.1, 0.15) is 5.82 Å². The van der Waals surface area contributed by atoms with E-state index in [1.807, 2.05) is 24.3 Å². The maximum atomic E-state index is 13.2. The highest BCUT2D eigenvalue weighted by Crippen LogP contribution is 2.28. The van der Waals surface area contributed by atoms with Crippen LogP contribution < -0.4 is 0 Å². The van der Waals surface area contributed by atoms with Crippen molar-refractivity contribution in [3.8, 4) is 11.1 Å². The number of nitrogens with zero attached hydrogens (tertiary/aromatic N) is 2. The summed E-state index contributed by atoms with van der Waals surface area (Å²) in [5, 5.41) is 10.9. The summed E-state index contributed by atoms with van der Waals surface area (Å²) >= 11 is 0. The summed E-state index contributed by atoms with van der Waals surface area (Å²) in [6, 6.07) is 17.7. The van der Waals surface area contributed by atoms with Crippen LogP contribution in [-0.4, -0.2) is 36.0 Å². The van der Waals surface area contributed by atoms with Crippen LogP contribution >= 0.6 is 0 Å². The van der Waals surface area contributed by atoms with Crippen LogP contribution in [0.1, 0.15) is 24.8 Å². The first-order chi connectivity index (χ1) is 16.3. The molecular formula is C25H23FN2O5S. The summed E-state index contributed by atoms with van der Waals surface area (Å²) in [6.45, 7) is 0.256. The Labute approximate surface area is 197 Å². The molecule has 3 aromatic carbocycles. The Morgan fingerprint density at radius 1 is 1.03 bits per heavy atom. The van der Waals surface area contributed by atoms with Crippen LogP contribution in [0.25, 0.3) is 11.1 Å². The Kier molecular flexibility index (Phi) is 6.85. The van der Waals surface area contributed by atoms with Gasteiger partial charge >= 0.3 is 0 Å². The summed E-state index contributed by atoms with van der Waals surface area (Å²) in [5.41, 5.74) is 2.63. The minimum atomic E-state index is -3.89. The highest BCUT2D eigenvalue weighted by Gasteiger charge is 2.38. The van der Waals surface area contributed by atoms with E-state index in [9.17, 15) is 27.7 Å². The van der Waals surface area contributed by atoms with E-state index >= 15 is 0 Å². The fraction of sp³-hybridized carbons (Fsp3) is 0.240. The van der Waals surface area contributed by atoms with Crippen molar-refractivity contribution in [2.75, 3.05) is 6.54 Å². The highest BCUT2D eigenvalue weighted by molar-refractivity contribution is 7.89. The van der Waals surface area contributed by atoms with Crippen LogP contribution in [0.5, 0.6) is 0 Å². The standard InChI is InChI=1S/C25H23FN2O5S/c26-21-9-13-23(14-10-21)34(32,33)27-16-2-5-24(27)25(29)15-6-18-3-1-4-20(17-18)19-7-11-22(12-8-19)28(30)31/h1,3-4,7-14,17,24H,2,5-6,15-16H2/t24-/m0/s1. The van der Waals surface area contributed by atoms with Gasteiger partial charge in [0.15, 0.2) is 5.78 Å². The van der Waals surface area contributed by atoms with Crippen LogP contribution in [0.4, 0.5) is 10.1 Å². The van der Waals surface area contributed by atoms with Gasteiger partial charge in [-0.05, 0) is 72.4 Å². The molecule has 0 amide bonds. The number of rotatable bonds is 8. The third kappa shape index (κ3) is 5.05. The maximum absolute atomic E-state index is 13.2. The average Bonchev–Trinajstić information content (AvgIpc) is 3.34. The van der Waals surface area contributed by atoms with Gasteiger partial charge in [0.2, 0.25) is 10.0 Å². The number of hydrogen-bond acceptors (Lipinski definition) is 5. The van der Waals surface area contributed by atoms with Gasteiger partial charge in [0.25, 0.3) is 5.69 Å². The number of halogens is 1. The number of nitro benzene ring substituents is 1. The van der Waals surface area contributed by atoms with Crippen LogP contribution in [0.2, 0.25) is 0 Å². The first-order valence-electron chi connectivity index (χ1n) is 10.9. The molecule has 0 bridgehead atoms. The molecule has 0 aromatic heterocycles. The summed E-state index contributed by atoms with van der Waals surface area (Å²) < 4.78 is 40.5. The molecule has 176 valence electrons. The molecule has 1 atom stereocenters. The van der Waals surface area contributed by atoms with Crippen LogP contribution in [0.15, 0.2) is 77.7 Å². The van der Waals surface area contributed by atoms with Crippen molar-refractivity contribution in [2.24, 2.45) is 0 Å². The molecular weight excluding hydrogens is 459 g/mol. The van der Waals surface area contributed by atoms with E-state index in [2.05, 4.69) is 0 Å². The number of nitro groups is 1. The SMILES string of the molecule is O=C(CCc1cccc(-c2ccc([N+](=O)[O-])cc2)c1)[C@@H]1CCCN1S(=O)(=O)c1ccc(F)cc1. The zero-order chi connectivity index (χ0) is 24.3. The number of hydrogen-bond donors (Lipinski definition) is 0. The molecule has 3 aromatic rings. The summed E-state index contributed by atoms with van der Waals surface area (Å²) in [6.07, 6.45) is 1.68. The molecule has 9 heteroatoms. The number of carbonyl (C=O) groups excluding carboxylic acids is 1. The summed E-state index contributed by atoms with van der Waals surface area (Å²) in [7, 11) is -3.89. The third-order valence-electron chi connectivity index (χ3n) is 5.99. The zero-order valence-electron chi connectivity index (χ0n) is 18.3. The van der Waals surface area contributed by atoms with Gasteiger partial charge in [-0.15, -0.1) is 0 Å². The Balaban J connectivity index is 1.44. The Bertz CT molecular complexity index is 1310. The summed E-state index contributed by atoms with van der Waals surface area (Å²) in [5.74, 6) is -0.673. The van der Waals surface area contributed by atoms with Crippen LogP contribution in [-0.2, 0) is 21.2 Å². The van der Waals surface area contributed by atoms with Crippen molar-refractivity contribution in [3.63, 3.8) is 0 Å². The van der Waals surface area contributed by atoms with Gasteiger partial charge in [-0.2, -0.15) is 4.31 Å². The van der Waals surface area contributed by atoms with Gasteiger partial charge in [-0.3, -0.25) is 14.9 Å². The van der Waals surface area contributed by atoms with Gasteiger partial charge < -0.3 is 0 Å². The van der Waals surface area contributed by atoms with Gasteiger partial charge in [0, 0.05) is 25.1 Å². The molecule has 1 heterocycles. The molecule has 1 fully saturated rings. The van der Waals surface area contributed by atoms with Gasteiger partial charge in [0.05, 0.1) is 15.9 Å². The number of Topliss-reactive ketones (excluding diaryl/α,β-unsaturated/α-hetero) is 1. The van der Waals surface area contributed by atoms with Crippen molar-refractivity contribution >= 4 is 21.5 Å². The lowest BCUT2D eigenvalue weighted by molar-refractivity contribution is -0.384. The van der Waals surface area contributed by atoms with Crippen molar-refractivity contribution in [2.45, 2.75) is 36.6 Å². The number of ketones is 1. The van der Waals surface area contributed by atoms with E-state index in [-0.39, 0.29) is 29.3 Å². The third-order valence-corrected chi connectivity index (χ3v) is 7.92. The number of aryl methyl sites for hydroxylation is 1. The molecule has 0 saturated carbocycles. The van der Waals surface area contributed by atoms with Crippen molar-refractivity contribution < 1.29 is 22.5 Å². The minimum Gasteiger partial charge on any atom is -0.298 e. The molecule has 1 aliphatic heterocycles. The second-order valence-corrected chi connectivity index (χ2v) is 10.1. The van der Waals surface area contributed by atoms with Crippen molar-refractivity contribution in [1.29, 1.82) is 0 Å². The predicted molar refractivity (Wildman–Crippen MR) is 125 cm³/mol. The quantitative estimate of drug-likeness (QED) is 0.341. The molecule has 1 saturated heterocycles. The molecule has 0 aliphatic carbocycles. The largest absolute Gasteiger partial charge is 0.298 e. The lowest BCUT2D eigenvalue weighted by Crippen LogP contribution is -2.40. The Morgan fingerprint density at radius 3 is 2.41 bits per heavy atom.